The van der Waals surface area contributed by atoms with E-state index in [9.17, 15) is 18.0 Å². The van der Waals surface area contributed by atoms with Gasteiger partial charge in [-0.3, -0.25) is 9.48 Å². The number of hydrogen-bond donors (Lipinski definition) is 0. The Morgan fingerprint density at radius 2 is 1.90 bits per heavy atom. The Labute approximate surface area is 169 Å². The van der Waals surface area contributed by atoms with Crippen LogP contribution in [0, 0.1) is 5.82 Å². The van der Waals surface area contributed by atoms with Crippen molar-refractivity contribution in [3.05, 3.63) is 71.6 Å². The Bertz CT molecular complexity index is 1220. The van der Waals surface area contributed by atoms with Crippen molar-refractivity contribution in [1.82, 2.24) is 29.3 Å². The maximum atomic E-state index is 13.7. The van der Waals surface area contributed by atoms with Gasteiger partial charge in [0.2, 0.25) is 0 Å². The molecule has 0 radical (unpaired) electrons. The average molecular weight is 414 g/mol. The fourth-order valence-corrected chi connectivity index (χ4v) is 3.14. The van der Waals surface area contributed by atoms with Crippen molar-refractivity contribution in [2.24, 2.45) is 7.05 Å². The summed E-state index contributed by atoms with van der Waals surface area (Å²) in [4.78, 5) is 18.8. The predicted octanol–water partition coefficient (Wildman–Crippen LogP) is 3.48. The highest BCUT2D eigenvalue weighted by atomic mass is 19.3. The molecule has 1 aromatic carbocycles. The minimum atomic E-state index is -2.84. The van der Waals surface area contributed by atoms with Crippen LogP contribution in [0.5, 0.6) is 0 Å². The third kappa shape index (κ3) is 3.51. The zero-order valence-electron chi connectivity index (χ0n) is 16.1. The van der Waals surface area contributed by atoms with Crippen molar-refractivity contribution >= 4 is 11.6 Å². The van der Waals surface area contributed by atoms with Gasteiger partial charge in [0, 0.05) is 25.9 Å². The highest BCUT2D eigenvalue weighted by Gasteiger charge is 2.23. The molecule has 0 N–H and O–H groups in total. The fourth-order valence-electron chi connectivity index (χ4n) is 3.14. The first-order chi connectivity index (χ1) is 14.3. The minimum absolute atomic E-state index is 0.00832. The van der Waals surface area contributed by atoms with Crippen LogP contribution in [-0.4, -0.2) is 42.2 Å². The van der Waals surface area contributed by atoms with Crippen LogP contribution in [0.3, 0.4) is 0 Å². The quantitative estimate of drug-likeness (QED) is 0.502. The smallest absolute Gasteiger partial charge is 0.280 e. The van der Waals surface area contributed by atoms with Gasteiger partial charge in [-0.1, -0.05) is 0 Å². The second kappa shape index (κ2) is 7.62. The molecule has 0 unspecified atom stereocenters. The zero-order chi connectivity index (χ0) is 21.4. The monoisotopic (exact) mass is 414 g/mol. The van der Waals surface area contributed by atoms with Crippen LogP contribution >= 0.6 is 0 Å². The molecule has 0 saturated heterocycles. The number of rotatable bonds is 5. The molecule has 0 spiro atoms. The van der Waals surface area contributed by atoms with E-state index in [0.29, 0.717) is 5.56 Å². The number of amides is 1. The van der Waals surface area contributed by atoms with E-state index in [-0.39, 0.29) is 23.4 Å². The number of aromatic nitrogens is 5. The Morgan fingerprint density at radius 3 is 2.53 bits per heavy atom. The first-order valence-corrected chi connectivity index (χ1v) is 9.00. The number of aryl methyl sites for hydroxylation is 1. The molecule has 0 saturated carbocycles. The number of fused-ring (bicyclic) bond motifs is 1. The largest absolute Gasteiger partial charge is 0.336 e. The Kier molecular flexibility index (Phi) is 4.98. The molecule has 30 heavy (non-hydrogen) atoms. The van der Waals surface area contributed by atoms with Crippen LogP contribution in [0.25, 0.3) is 16.9 Å². The molecular formula is C20H17F3N6O. The van der Waals surface area contributed by atoms with Gasteiger partial charge in [-0.2, -0.15) is 10.2 Å². The lowest BCUT2D eigenvalue weighted by Gasteiger charge is -2.16. The first-order valence-electron chi connectivity index (χ1n) is 9.00. The van der Waals surface area contributed by atoms with Gasteiger partial charge in [-0.15, -0.1) is 0 Å². The molecule has 1 amide bonds. The summed E-state index contributed by atoms with van der Waals surface area (Å²) in [6.45, 7) is 0.270. The summed E-state index contributed by atoms with van der Waals surface area (Å²) >= 11 is 0. The predicted molar refractivity (Wildman–Crippen MR) is 102 cm³/mol. The molecule has 154 valence electrons. The number of halogens is 3. The second-order valence-corrected chi connectivity index (χ2v) is 6.77. The number of carbonyl (C=O) groups is 1. The van der Waals surface area contributed by atoms with E-state index in [0.717, 1.165) is 10.2 Å². The van der Waals surface area contributed by atoms with Crippen molar-refractivity contribution in [2.75, 3.05) is 7.05 Å². The third-order valence-corrected chi connectivity index (χ3v) is 4.76. The van der Waals surface area contributed by atoms with Gasteiger partial charge in [0.25, 0.3) is 12.3 Å². The van der Waals surface area contributed by atoms with Gasteiger partial charge in [-0.05, 0) is 36.4 Å². The molecule has 4 aromatic rings. The molecule has 0 aliphatic carbocycles. The van der Waals surface area contributed by atoms with Crippen molar-refractivity contribution in [2.45, 2.75) is 13.0 Å². The summed E-state index contributed by atoms with van der Waals surface area (Å²) in [5, 5.41) is 8.02. The molecule has 0 fully saturated rings. The summed E-state index contributed by atoms with van der Waals surface area (Å²) in [6, 6.07) is 8.28. The lowest BCUT2D eigenvalue weighted by molar-refractivity contribution is 0.0783. The second-order valence-electron chi connectivity index (χ2n) is 6.77. The maximum Gasteiger partial charge on any atom is 0.280 e. The highest BCUT2D eigenvalue weighted by Crippen LogP contribution is 2.27. The number of nitrogens with zero attached hydrogens (tertiary/aromatic N) is 6. The molecule has 10 heteroatoms. The maximum absolute atomic E-state index is 13.7. The average Bonchev–Trinajstić information content (AvgIpc) is 3.33. The summed E-state index contributed by atoms with van der Waals surface area (Å²) in [6.07, 6.45) is 0.00352. The summed E-state index contributed by atoms with van der Waals surface area (Å²) in [5.74, 6) is -0.874. The Morgan fingerprint density at radius 1 is 1.17 bits per heavy atom. The number of hydrogen-bond acceptors (Lipinski definition) is 4. The van der Waals surface area contributed by atoms with Crippen molar-refractivity contribution in [3.8, 4) is 11.3 Å². The van der Waals surface area contributed by atoms with Crippen LogP contribution in [0.4, 0.5) is 13.2 Å². The van der Waals surface area contributed by atoms with E-state index in [1.807, 2.05) is 0 Å². The molecule has 0 aliphatic heterocycles. The summed E-state index contributed by atoms with van der Waals surface area (Å²) in [5.41, 5.74) is 1.13. The third-order valence-electron chi connectivity index (χ3n) is 4.76. The van der Waals surface area contributed by atoms with E-state index in [1.165, 1.54) is 41.4 Å². The molecule has 7 nitrogen and oxygen atoms in total. The van der Waals surface area contributed by atoms with E-state index >= 15 is 0 Å². The van der Waals surface area contributed by atoms with Crippen molar-refractivity contribution in [1.29, 1.82) is 0 Å². The fraction of sp³-hybridized carbons (Fsp3) is 0.200. The standard InChI is InChI=1S/C20H17F3N6O/c1-27(11-14-7-8-24-28(14)2)20(30)15-10-25-29-17(18(22)23)9-16(26-19(15)29)12-3-5-13(21)6-4-12/h3-10,18H,11H2,1-2H3. The number of carbonyl (C=O) groups excluding carboxylic acids is 1. The van der Waals surface area contributed by atoms with Crippen LogP contribution < -0.4 is 0 Å². The Hall–Kier alpha value is -3.69. The minimum Gasteiger partial charge on any atom is -0.336 e. The van der Waals surface area contributed by atoms with Crippen molar-refractivity contribution < 1.29 is 18.0 Å². The van der Waals surface area contributed by atoms with Gasteiger partial charge in [-0.25, -0.2) is 22.7 Å². The molecule has 0 aliphatic rings. The van der Waals surface area contributed by atoms with Crippen molar-refractivity contribution in [3.63, 3.8) is 0 Å². The van der Waals surface area contributed by atoms with E-state index in [1.54, 1.807) is 31.0 Å². The summed E-state index contributed by atoms with van der Waals surface area (Å²) < 4.78 is 43.2. The van der Waals surface area contributed by atoms with Gasteiger partial charge in [0.1, 0.15) is 17.1 Å². The van der Waals surface area contributed by atoms with Crippen LogP contribution in [0.1, 0.15) is 28.2 Å². The topological polar surface area (TPSA) is 68.3 Å². The molecule has 0 bridgehead atoms. The van der Waals surface area contributed by atoms with Gasteiger partial charge >= 0.3 is 0 Å². The van der Waals surface area contributed by atoms with Crippen LogP contribution in [0.2, 0.25) is 0 Å². The molecular weight excluding hydrogens is 397 g/mol. The zero-order valence-corrected chi connectivity index (χ0v) is 16.1. The SMILES string of the molecule is CN(Cc1ccnn1C)C(=O)c1cnn2c(C(F)F)cc(-c3ccc(F)cc3)nc12. The molecule has 3 aromatic heterocycles. The van der Waals surface area contributed by atoms with E-state index < -0.39 is 23.8 Å². The van der Waals surface area contributed by atoms with Crippen LogP contribution in [0.15, 0.2) is 48.8 Å². The van der Waals surface area contributed by atoms with Crippen LogP contribution in [-0.2, 0) is 13.6 Å². The van der Waals surface area contributed by atoms with Gasteiger partial charge < -0.3 is 4.90 Å². The first kappa shape index (κ1) is 19.6. The molecule has 4 rings (SSSR count). The van der Waals surface area contributed by atoms with E-state index in [2.05, 4.69) is 15.2 Å². The lowest BCUT2D eigenvalue weighted by Crippen LogP contribution is -2.27. The highest BCUT2D eigenvalue weighted by molar-refractivity contribution is 5.99. The number of benzene rings is 1. The lowest BCUT2D eigenvalue weighted by atomic mass is 10.1. The Balaban J connectivity index is 1.78. The van der Waals surface area contributed by atoms with E-state index in [4.69, 9.17) is 0 Å². The normalized spacial score (nSPS) is 11.4. The summed E-state index contributed by atoms with van der Waals surface area (Å²) in [7, 11) is 3.35. The van der Waals surface area contributed by atoms with Gasteiger partial charge in [0.15, 0.2) is 5.65 Å². The number of alkyl halides is 2. The van der Waals surface area contributed by atoms with Gasteiger partial charge in [0.05, 0.1) is 24.1 Å². The molecule has 3 heterocycles. The molecule has 0 atom stereocenters.